The lowest BCUT2D eigenvalue weighted by Gasteiger charge is -2.26. The minimum Gasteiger partial charge on any atom is -0.497 e. The maximum Gasteiger partial charge on any atom is 0.269 e. The zero-order valence-electron chi connectivity index (χ0n) is 12.2. The summed E-state index contributed by atoms with van der Waals surface area (Å²) in [5.74, 6) is 0.823. The van der Waals surface area contributed by atoms with E-state index in [4.69, 9.17) is 4.74 Å². The summed E-state index contributed by atoms with van der Waals surface area (Å²) in [5.41, 5.74) is 2.21. The number of hydrogen-bond donors (Lipinski definition) is 1. The second-order valence-corrected chi connectivity index (χ2v) is 5.10. The number of nitro groups is 1. The SMILES string of the molecule is COc1ccc(C2NCCN2c2ccc([N+](=O)[O-])cc2)cc1. The van der Waals surface area contributed by atoms with Crippen LogP contribution in [0.2, 0.25) is 0 Å². The van der Waals surface area contributed by atoms with Gasteiger partial charge in [-0.25, -0.2) is 0 Å². The van der Waals surface area contributed by atoms with Crippen LogP contribution in [-0.4, -0.2) is 25.1 Å². The minimum atomic E-state index is -0.382. The molecule has 1 aliphatic heterocycles. The van der Waals surface area contributed by atoms with Crippen LogP contribution in [0.25, 0.3) is 0 Å². The van der Waals surface area contributed by atoms with Gasteiger partial charge < -0.3 is 9.64 Å². The highest BCUT2D eigenvalue weighted by Gasteiger charge is 2.25. The fourth-order valence-corrected chi connectivity index (χ4v) is 2.69. The average molecular weight is 299 g/mol. The Bertz CT molecular complexity index is 655. The molecule has 1 aliphatic rings. The van der Waals surface area contributed by atoms with Gasteiger partial charge in [0.2, 0.25) is 0 Å². The normalized spacial score (nSPS) is 17.5. The van der Waals surface area contributed by atoms with Crippen LogP contribution < -0.4 is 15.0 Å². The van der Waals surface area contributed by atoms with Gasteiger partial charge in [0.05, 0.1) is 12.0 Å². The van der Waals surface area contributed by atoms with Gasteiger partial charge in [0, 0.05) is 30.9 Å². The number of nitrogens with zero attached hydrogens (tertiary/aromatic N) is 2. The highest BCUT2D eigenvalue weighted by atomic mass is 16.6. The highest BCUT2D eigenvalue weighted by Crippen LogP contribution is 2.30. The van der Waals surface area contributed by atoms with Crippen LogP contribution in [0, 0.1) is 10.1 Å². The van der Waals surface area contributed by atoms with Crippen molar-refractivity contribution in [1.82, 2.24) is 5.32 Å². The number of nitro benzene ring substituents is 1. The van der Waals surface area contributed by atoms with E-state index < -0.39 is 0 Å². The summed E-state index contributed by atoms with van der Waals surface area (Å²) >= 11 is 0. The molecule has 1 heterocycles. The number of non-ortho nitro benzene ring substituents is 1. The van der Waals surface area contributed by atoms with Crippen LogP contribution in [0.5, 0.6) is 5.75 Å². The molecule has 22 heavy (non-hydrogen) atoms. The summed E-state index contributed by atoms with van der Waals surface area (Å²) < 4.78 is 5.18. The van der Waals surface area contributed by atoms with Crippen LogP contribution in [0.1, 0.15) is 11.7 Å². The lowest BCUT2D eigenvalue weighted by molar-refractivity contribution is -0.384. The third-order valence-corrected chi connectivity index (χ3v) is 3.83. The van der Waals surface area contributed by atoms with Gasteiger partial charge in [0.1, 0.15) is 11.9 Å². The van der Waals surface area contributed by atoms with Gasteiger partial charge in [0.25, 0.3) is 5.69 Å². The zero-order valence-corrected chi connectivity index (χ0v) is 12.2. The third-order valence-electron chi connectivity index (χ3n) is 3.83. The van der Waals surface area contributed by atoms with E-state index in [0.29, 0.717) is 0 Å². The number of benzene rings is 2. The Morgan fingerprint density at radius 1 is 1.18 bits per heavy atom. The number of nitrogens with one attached hydrogen (secondary N) is 1. The summed E-state index contributed by atoms with van der Waals surface area (Å²) in [6.07, 6.45) is 0.0624. The van der Waals surface area contributed by atoms with Crippen molar-refractivity contribution in [2.24, 2.45) is 0 Å². The molecule has 1 unspecified atom stereocenters. The number of rotatable bonds is 4. The molecule has 3 rings (SSSR count). The van der Waals surface area contributed by atoms with Crippen molar-refractivity contribution in [3.8, 4) is 5.75 Å². The molecule has 114 valence electrons. The highest BCUT2D eigenvalue weighted by molar-refractivity contribution is 5.53. The van der Waals surface area contributed by atoms with Gasteiger partial charge >= 0.3 is 0 Å². The summed E-state index contributed by atoms with van der Waals surface area (Å²) in [4.78, 5) is 12.6. The average Bonchev–Trinajstić information content (AvgIpc) is 3.04. The Hall–Kier alpha value is -2.60. The van der Waals surface area contributed by atoms with E-state index in [2.05, 4.69) is 10.2 Å². The van der Waals surface area contributed by atoms with E-state index in [1.807, 2.05) is 24.3 Å². The quantitative estimate of drug-likeness (QED) is 0.694. The summed E-state index contributed by atoms with van der Waals surface area (Å²) in [6.45, 7) is 1.72. The number of hydrogen-bond acceptors (Lipinski definition) is 5. The molecule has 1 N–H and O–H groups in total. The van der Waals surface area contributed by atoms with Crippen molar-refractivity contribution in [3.05, 3.63) is 64.2 Å². The van der Waals surface area contributed by atoms with Crippen LogP contribution in [0.15, 0.2) is 48.5 Å². The fraction of sp³-hybridized carbons (Fsp3) is 0.250. The van der Waals surface area contributed by atoms with E-state index in [-0.39, 0.29) is 16.8 Å². The molecule has 6 nitrogen and oxygen atoms in total. The predicted molar refractivity (Wildman–Crippen MR) is 84.2 cm³/mol. The molecule has 0 aliphatic carbocycles. The van der Waals surface area contributed by atoms with Crippen LogP contribution in [-0.2, 0) is 0 Å². The predicted octanol–water partition coefficient (Wildman–Crippen LogP) is 2.71. The maximum atomic E-state index is 10.7. The molecular formula is C16H17N3O3. The Morgan fingerprint density at radius 2 is 1.86 bits per heavy atom. The van der Waals surface area contributed by atoms with Gasteiger partial charge in [-0.15, -0.1) is 0 Å². The lowest BCUT2D eigenvalue weighted by Crippen LogP contribution is -2.27. The molecule has 0 aromatic heterocycles. The van der Waals surface area contributed by atoms with Crippen molar-refractivity contribution in [3.63, 3.8) is 0 Å². The van der Waals surface area contributed by atoms with Gasteiger partial charge in [-0.2, -0.15) is 0 Å². The number of methoxy groups -OCH3 is 1. The smallest absolute Gasteiger partial charge is 0.269 e. The maximum absolute atomic E-state index is 10.7. The number of anilines is 1. The minimum absolute atomic E-state index is 0.0624. The van der Waals surface area contributed by atoms with E-state index in [0.717, 1.165) is 30.1 Å². The monoisotopic (exact) mass is 299 g/mol. The van der Waals surface area contributed by atoms with Gasteiger partial charge in [-0.05, 0) is 29.8 Å². The van der Waals surface area contributed by atoms with Gasteiger partial charge in [-0.3, -0.25) is 15.4 Å². The van der Waals surface area contributed by atoms with Crippen molar-refractivity contribution in [2.45, 2.75) is 6.17 Å². The molecule has 0 amide bonds. The van der Waals surface area contributed by atoms with Gasteiger partial charge in [-0.1, -0.05) is 12.1 Å². The molecule has 0 spiro atoms. The van der Waals surface area contributed by atoms with Crippen molar-refractivity contribution in [1.29, 1.82) is 0 Å². The van der Waals surface area contributed by atoms with E-state index in [1.165, 1.54) is 0 Å². The molecule has 0 saturated carbocycles. The van der Waals surface area contributed by atoms with Crippen LogP contribution in [0.3, 0.4) is 0 Å². The Balaban J connectivity index is 1.84. The first-order valence-electron chi connectivity index (χ1n) is 7.07. The van der Waals surface area contributed by atoms with E-state index in [1.54, 1.807) is 31.4 Å². The second-order valence-electron chi connectivity index (χ2n) is 5.10. The molecule has 2 aromatic carbocycles. The Morgan fingerprint density at radius 3 is 2.45 bits per heavy atom. The molecule has 1 saturated heterocycles. The summed E-state index contributed by atoms with van der Waals surface area (Å²) in [7, 11) is 1.64. The summed E-state index contributed by atoms with van der Waals surface area (Å²) in [6, 6.07) is 14.6. The van der Waals surface area contributed by atoms with Crippen molar-refractivity contribution >= 4 is 11.4 Å². The van der Waals surface area contributed by atoms with Gasteiger partial charge in [0.15, 0.2) is 0 Å². The lowest BCUT2D eigenvalue weighted by atomic mass is 10.1. The first kappa shape index (κ1) is 14.3. The first-order chi connectivity index (χ1) is 10.7. The third kappa shape index (κ3) is 2.73. The molecule has 6 heteroatoms. The van der Waals surface area contributed by atoms with Crippen LogP contribution in [0.4, 0.5) is 11.4 Å². The fourth-order valence-electron chi connectivity index (χ4n) is 2.69. The topological polar surface area (TPSA) is 67.6 Å². The largest absolute Gasteiger partial charge is 0.497 e. The molecule has 2 aromatic rings. The Kier molecular flexibility index (Phi) is 3.93. The molecule has 1 fully saturated rings. The second kappa shape index (κ2) is 6.03. The first-order valence-corrected chi connectivity index (χ1v) is 7.07. The van der Waals surface area contributed by atoms with E-state index in [9.17, 15) is 10.1 Å². The van der Waals surface area contributed by atoms with Crippen molar-refractivity contribution in [2.75, 3.05) is 25.1 Å². The zero-order chi connectivity index (χ0) is 15.5. The molecule has 0 radical (unpaired) electrons. The molecular weight excluding hydrogens is 282 g/mol. The molecule has 1 atom stereocenters. The standard InChI is InChI=1S/C16H17N3O3/c1-22-15-8-2-12(3-9-15)16-17-10-11-18(16)13-4-6-14(7-5-13)19(20)21/h2-9,16-17H,10-11H2,1H3. The van der Waals surface area contributed by atoms with Crippen LogP contribution >= 0.6 is 0 Å². The summed E-state index contributed by atoms with van der Waals surface area (Å²) in [5, 5.41) is 14.2. The van der Waals surface area contributed by atoms with E-state index >= 15 is 0 Å². The molecule has 0 bridgehead atoms. The Labute approximate surface area is 128 Å². The van der Waals surface area contributed by atoms with Crippen molar-refractivity contribution < 1.29 is 9.66 Å². The number of ether oxygens (including phenoxy) is 1.